The molecule has 2 heterocycles. The number of nitrogens with zero attached hydrogens (tertiary/aromatic N) is 3. The van der Waals surface area contributed by atoms with E-state index in [1.54, 1.807) is 25.4 Å². The first kappa shape index (κ1) is 13.6. The molecule has 21 heavy (non-hydrogen) atoms. The van der Waals surface area contributed by atoms with Crippen LogP contribution < -0.4 is 10.4 Å². The van der Waals surface area contributed by atoms with Crippen molar-refractivity contribution in [3.8, 4) is 5.75 Å². The Kier molecular flexibility index (Phi) is 3.87. The van der Waals surface area contributed by atoms with Gasteiger partial charge in [-0.3, -0.25) is 4.40 Å². The average molecular weight is 299 g/mol. The highest BCUT2D eigenvalue weighted by Gasteiger charge is 2.04. The minimum Gasteiger partial charge on any atom is -0.497 e. The Labute approximate surface area is 125 Å². The van der Waals surface area contributed by atoms with Crippen molar-refractivity contribution in [3.05, 3.63) is 64.7 Å². The van der Waals surface area contributed by atoms with Crippen LogP contribution in [0.1, 0.15) is 5.56 Å². The molecule has 0 fully saturated rings. The van der Waals surface area contributed by atoms with E-state index in [9.17, 15) is 4.79 Å². The zero-order valence-electron chi connectivity index (χ0n) is 11.4. The number of aromatic nitrogens is 3. The van der Waals surface area contributed by atoms with Gasteiger partial charge in [0.2, 0.25) is 0 Å². The molecule has 0 aliphatic heterocycles. The van der Waals surface area contributed by atoms with Crippen LogP contribution in [0, 0.1) is 0 Å². The van der Waals surface area contributed by atoms with Gasteiger partial charge in [0.25, 0.3) is 0 Å². The molecule has 0 amide bonds. The summed E-state index contributed by atoms with van der Waals surface area (Å²) in [6.07, 6.45) is 1.66. The van der Waals surface area contributed by atoms with Crippen LogP contribution >= 0.6 is 11.8 Å². The summed E-state index contributed by atoms with van der Waals surface area (Å²) in [4.78, 5) is 20.2. The lowest BCUT2D eigenvalue weighted by Gasteiger charge is -2.04. The van der Waals surface area contributed by atoms with Gasteiger partial charge in [-0.25, -0.2) is 9.78 Å². The van der Waals surface area contributed by atoms with Gasteiger partial charge in [-0.15, -0.1) is 0 Å². The summed E-state index contributed by atoms with van der Waals surface area (Å²) in [6, 6.07) is 13.2. The lowest BCUT2D eigenvalue weighted by molar-refractivity contribution is 0.414. The van der Waals surface area contributed by atoms with E-state index in [2.05, 4.69) is 9.97 Å². The van der Waals surface area contributed by atoms with E-state index in [0.29, 0.717) is 16.6 Å². The van der Waals surface area contributed by atoms with Crippen molar-refractivity contribution >= 4 is 17.4 Å². The minimum absolute atomic E-state index is 0.308. The third-order valence-electron chi connectivity index (χ3n) is 2.97. The Morgan fingerprint density at radius 2 is 1.95 bits per heavy atom. The highest BCUT2D eigenvalue weighted by Crippen LogP contribution is 2.20. The van der Waals surface area contributed by atoms with E-state index in [1.807, 2.05) is 30.3 Å². The zero-order valence-corrected chi connectivity index (χ0v) is 12.2. The van der Waals surface area contributed by atoms with Gasteiger partial charge < -0.3 is 4.74 Å². The van der Waals surface area contributed by atoms with E-state index < -0.39 is 0 Å². The van der Waals surface area contributed by atoms with Crippen molar-refractivity contribution in [1.82, 2.24) is 14.4 Å². The largest absolute Gasteiger partial charge is 0.497 e. The number of thioether (sulfide) groups is 1. The third-order valence-corrected chi connectivity index (χ3v) is 3.89. The van der Waals surface area contributed by atoms with E-state index in [1.165, 1.54) is 16.2 Å². The summed E-state index contributed by atoms with van der Waals surface area (Å²) in [7, 11) is 1.64. The number of methoxy groups -OCH3 is 1. The second-order valence-corrected chi connectivity index (χ2v) is 5.30. The molecule has 0 unspecified atom stereocenters. The first-order valence-electron chi connectivity index (χ1n) is 6.37. The fraction of sp³-hybridized carbons (Fsp3) is 0.133. The highest BCUT2D eigenvalue weighted by atomic mass is 32.2. The maximum absolute atomic E-state index is 11.9. The zero-order chi connectivity index (χ0) is 14.7. The molecule has 0 atom stereocenters. The van der Waals surface area contributed by atoms with Crippen molar-refractivity contribution in [1.29, 1.82) is 0 Å². The number of benzene rings is 1. The molecule has 0 spiro atoms. The Hall–Kier alpha value is -2.34. The molecule has 0 bridgehead atoms. The highest BCUT2D eigenvalue weighted by molar-refractivity contribution is 7.98. The fourth-order valence-corrected chi connectivity index (χ4v) is 2.67. The summed E-state index contributed by atoms with van der Waals surface area (Å²) in [6.45, 7) is 0. The predicted octanol–water partition coefficient (Wildman–Crippen LogP) is 2.39. The minimum atomic E-state index is -0.308. The lowest BCUT2D eigenvalue weighted by atomic mass is 10.2. The van der Waals surface area contributed by atoms with Gasteiger partial charge in [0.1, 0.15) is 11.4 Å². The molecule has 5 nitrogen and oxygen atoms in total. The van der Waals surface area contributed by atoms with Crippen LogP contribution in [-0.2, 0) is 5.75 Å². The summed E-state index contributed by atoms with van der Waals surface area (Å²) in [5.41, 5.74) is 1.42. The molecule has 3 aromatic rings. The molecular weight excluding hydrogens is 286 g/mol. The molecule has 0 N–H and O–H groups in total. The number of hydrogen-bond acceptors (Lipinski definition) is 5. The van der Waals surface area contributed by atoms with Gasteiger partial charge >= 0.3 is 5.69 Å². The topological polar surface area (TPSA) is 56.5 Å². The standard InChI is InChI=1S/C15H13N3O2S/c1-20-12-7-5-11(6-8-12)10-21-14-16-13-4-2-3-9-18(13)15(19)17-14/h2-9H,10H2,1H3. The molecule has 0 saturated carbocycles. The van der Waals surface area contributed by atoms with Crippen molar-refractivity contribution in [2.45, 2.75) is 10.9 Å². The summed E-state index contributed by atoms with van der Waals surface area (Å²) in [5.74, 6) is 1.52. The Morgan fingerprint density at radius 1 is 1.14 bits per heavy atom. The normalized spacial score (nSPS) is 10.7. The van der Waals surface area contributed by atoms with Crippen LogP contribution in [0.3, 0.4) is 0 Å². The van der Waals surface area contributed by atoms with E-state index in [0.717, 1.165) is 11.3 Å². The third kappa shape index (κ3) is 3.05. The lowest BCUT2D eigenvalue weighted by Crippen LogP contribution is -2.18. The van der Waals surface area contributed by atoms with Crippen molar-refractivity contribution in [2.24, 2.45) is 0 Å². The molecule has 3 rings (SSSR count). The SMILES string of the molecule is COc1ccc(CSc2nc(=O)n3ccccc3n2)cc1. The molecule has 6 heteroatoms. The Morgan fingerprint density at radius 3 is 2.71 bits per heavy atom. The first-order valence-corrected chi connectivity index (χ1v) is 7.36. The van der Waals surface area contributed by atoms with Crippen LogP contribution in [0.4, 0.5) is 0 Å². The summed E-state index contributed by atoms with van der Waals surface area (Å²) < 4.78 is 6.55. The van der Waals surface area contributed by atoms with Gasteiger partial charge in [0.15, 0.2) is 5.16 Å². The van der Waals surface area contributed by atoms with Gasteiger partial charge in [-0.05, 0) is 29.8 Å². The van der Waals surface area contributed by atoms with Crippen molar-refractivity contribution in [3.63, 3.8) is 0 Å². The predicted molar refractivity (Wildman–Crippen MR) is 81.8 cm³/mol. The number of hydrogen-bond donors (Lipinski definition) is 0. The Balaban J connectivity index is 1.80. The van der Waals surface area contributed by atoms with Gasteiger partial charge in [0.05, 0.1) is 7.11 Å². The van der Waals surface area contributed by atoms with Crippen molar-refractivity contribution < 1.29 is 4.74 Å². The fourth-order valence-electron chi connectivity index (χ4n) is 1.88. The summed E-state index contributed by atoms with van der Waals surface area (Å²) >= 11 is 1.44. The van der Waals surface area contributed by atoms with Gasteiger partial charge in [0, 0.05) is 11.9 Å². The molecule has 2 aromatic heterocycles. The summed E-state index contributed by atoms with van der Waals surface area (Å²) in [5, 5.41) is 0.488. The maximum Gasteiger partial charge on any atom is 0.355 e. The Bertz CT molecular complexity index is 815. The smallest absolute Gasteiger partial charge is 0.355 e. The van der Waals surface area contributed by atoms with Crippen LogP contribution in [0.25, 0.3) is 5.65 Å². The molecule has 0 radical (unpaired) electrons. The molecule has 0 saturated heterocycles. The van der Waals surface area contributed by atoms with Crippen molar-refractivity contribution in [2.75, 3.05) is 7.11 Å². The van der Waals surface area contributed by atoms with Crippen LogP contribution in [0.15, 0.2) is 58.6 Å². The van der Waals surface area contributed by atoms with Crippen LogP contribution in [-0.4, -0.2) is 21.5 Å². The molecular formula is C15H13N3O2S. The molecule has 0 aliphatic rings. The van der Waals surface area contributed by atoms with Gasteiger partial charge in [-0.2, -0.15) is 4.98 Å². The number of ether oxygens (including phenoxy) is 1. The van der Waals surface area contributed by atoms with E-state index >= 15 is 0 Å². The quantitative estimate of drug-likeness (QED) is 0.692. The van der Waals surface area contributed by atoms with E-state index in [4.69, 9.17) is 4.74 Å². The number of pyridine rings is 1. The maximum atomic E-state index is 11.9. The molecule has 1 aromatic carbocycles. The molecule has 0 aliphatic carbocycles. The second kappa shape index (κ2) is 5.97. The van der Waals surface area contributed by atoms with E-state index in [-0.39, 0.29) is 5.69 Å². The monoisotopic (exact) mass is 299 g/mol. The molecule has 106 valence electrons. The second-order valence-electron chi connectivity index (χ2n) is 4.35. The first-order chi connectivity index (χ1) is 10.3. The number of rotatable bonds is 4. The van der Waals surface area contributed by atoms with Gasteiger partial charge in [-0.1, -0.05) is 30.0 Å². The number of fused-ring (bicyclic) bond motifs is 1. The van der Waals surface area contributed by atoms with Crippen LogP contribution in [0.2, 0.25) is 0 Å². The average Bonchev–Trinajstić information content (AvgIpc) is 2.53. The van der Waals surface area contributed by atoms with Crippen LogP contribution in [0.5, 0.6) is 5.75 Å².